The molecule has 1 fully saturated rings. The van der Waals surface area contributed by atoms with Gasteiger partial charge in [0.05, 0.1) is 6.54 Å². The molecule has 0 bridgehead atoms. The van der Waals surface area contributed by atoms with Crippen LogP contribution in [0.4, 0.5) is 8.78 Å². The maximum Gasteiger partial charge on any atom is 0.248 e. The van der Waals surface area contributed by atoms with Crippen LogP contribution < -0.4 is 5.32 Å². The van der Waals surface area contributed by atoms with Crippen LogP contribution in [-0.2, 0) is 0 Å². The molecule has 3 heteroatoms. The Balaban J connectivity index is 2.31. The van der Waals surface area contributed by atoms with Crippen molar-refractivity contribution in [1.29, 1.82) is 0 Å². The van der Waals surface area contributed by atoms with Gasteiger partial charge in [0.2, 0.25) is 5.92 Å². The molecular weight excluding hydrogens is 184 g/mol. The zero-order valence-electron chi connectivity index (χ0n) is 8.52. The topological polar surface area (TPSA) is 12.0 Å². The molecule has 1 aliphatic rings. The van der Waals surface area contributed by atoms with E-state index in [0.29, 0.717) is 25.3 Å². The van der Waals surface area contributed by atoms with E-state index < -0.39 is 5.92 Å². The van der Waals surface area contributed by atoms with Crippen molar-refractivity contribution in [3.8, 4) is 12.3 Å². The molecule has 0 aromatic heterocycles. The van der Waals surface area contributed by atoms with Gasteiger partial charge in [-0.3, -0.25) is 0 Å². The SMILES string of the molecule is C#CCNC(C)C1CCC(F)(F)CC1. The maximum absolute atomic E-state index is 12.8. The van der Waals surface area contributed by atoms with E-state index in [2.05, 4.69) is 11.2 Å². The van der Waals surface area contributed by atoms with Crippen LogP contribution in [0.3, 0.4) is 0 Å². The van der Waals surface area contributed by atoms with Crippen LogP contribution in [0.25, 0.3) is 0 Å². The second kappa shape index (κ2) is 4.75. The van der Waals surface area contributed by atoms with E-state index in [1.54, 1.807) is 0 Å². The highest BCUT2D eigenvalue weighted by Crippen LogP contribution is 2.37. The van der Waals surface area contributed by atoms with Gasteiger partial charge in [0.1, 0.15) is 0 Å². The minimum Gasteiger partial charge on any atom is -0.303 e. The van der Waals surface area contributed by atoms with Crippen molar-refractivity contribution in [1.82, 2.24) is 5.32 Å². The highest BCUT2D eigenvalue weighted by atomic mass is 19.3. The van der Waals surface area contributed by atoms with Crippen LogP contribution in [0.5, 0.6) is 0 Å². The normalized spacial score (nSPS) is 24.1. The molecule has 14 heavy (non-hydrogen) atoms. The first kappa shape index (κ1) is 11.5. The van der Waals surface area contributed by atoms with Crippen molar-refractivity contribution < 1.29 is 8.78 Å². The fraction of sp³-hybridized carbons (Fsp3) is 0.818. The molecule has 0 amide bonds. The van der Waals surface area contributed by atoms with E-state index in [1.165, 1.54) is 0 Å². The fourth-order valence-electron chi connectivity index (χ4n) is 1.95. The number of hydrogen-bond donors (Lipinski definition) is 1. The summed E-state index contributed by atoms with van der Waals surface area (Å²) in [5, 5.41) is 3.15. The van der Waals surface area contributed by atoms with Crippen LogP contribution in [0.15, 0.2) is 0 Å². The zero-order chi connectivity index (χ0) is 10.6. The largest absolute Gasteiger partial charge is 0.303 e. The Hall–Kier alpha value is -0.620. The van der Waals surface area contributed by atoms with Crippen LogP contribution >= 0.6 is 0 Å². The molecule has 0 spiro atoms. The Bertz CT molecular complexity index is 210. The number of terminal acetylenes is 1. The number of rotatable bonds is 3. The average Bonchev–Trinajstić information content (AvgIpc) is 2.14. The molecule has 0 radical (unpaired) electrons. The van der Waals surface area contributed by atoms with E-state index in [9.17, 15) is 8.78 Å². The zero-order valence-corrected chi connectivity index (χ0v) is 8.52. The Labute approximate surface area is 84.3 Å². The lowest BCUT2D eigenvalue weighted by atomic mass is 9.82. The van der Waals surface area contributed by atoms with Crippen molar-refractivity contribution in [2.45, 2.75) is 44.6 Å². The van der Waals surface area contributed by atoms with Gasteiger partial charge in [-0.05, 0) is 25.7 Å². The highest BCUT2D eigenvalue weighted by Gasteiger charge is 2.36. The predicted octanol–water partition coefficient (Wildman–Crippen LogP) is 2.42. The van der Waals surface area contributed by atoms with Gasteiger partial charge in [-0.2, -0.15) is 0 Å². The van der Waals surface area contributed by atoms with Crippen molar-refractivity contribution in [2.75, 3.05) is 6.54 Å². The van der Waals surface area contributed by atoms with Crippen LogP contribution in [-0.4, -0.2) is 18.5 Å². The summed E-state index contributed by atoms with van der Waals surface area (Å²) in [5.74, 6) is 0.416. The van der Waals surface area contributed by atoms with Gasteiger partial charge in [0, 0.05) is 18.9 Å². The lowest BCUT2D eigenvalue weighted by Crippen LogP contribution is -2.38. The third-order valence-corrected chi connectivity index (χ3v) is 2.99. The molecule has 0 aromatic carbocycles. The van der Waals surface area contributed by atoms with Gasteiger partial charge in [-0.15, -0.1) is 6.42 Å². The molecule has 1 aliphatic carbocycles. The summed E-state index contributed by atoms with van der Waals surface area (Å²) in [5.41, 5.74) is 0. The smallest absolute Gasteiger partial charge is 0.248 e. The van der Waals surface area contributed by atoms with Crippen molar-refractivity contribution in [3.05, 3.63) is 0 Å². The summed E-state index contributed by atoms with van der Waals surface area (Å²) >= 11 is 0. The first-order valence-electron chi connectivity index (χ1n) is 5.10. The van der Waals surface area contributed by atoms with Gasteiger partial charge < -0.3 is 5.32 Å². The summed E-state index contributed by atoms with van der Waals surface area (Å²) in [6.07, 6.45) is 6.38. The predicted molar refractivity (Wildman–Crippen MR) is 53.2 cm³/mol. The molecular formula is C11H17F2N. The van der Waals surface area contributed by atoms with Crippen molar-refractivity contribution in [2.24, 2.45) is 5.92 Å². The molecule has 1 saturated carbocycles. The molecule has 1 unspecified atom stereocenters. The second-order valence-corrected chi connectivity index (χ2v) is 4.07. The Morgan fingerprint density at radius 3 is 2.57 bits per heavy atom. The van der Waals surface area contributed by atoms with Crippen LogP contribution in [0, 0.1) is 18.3 Å². The fourth-order valence-corrected chi connectivity index (χ4v) is 1.95. The van der Waals surface area contributed by atoms with Gasteiger partial charge in [-0.1, -0.05) is 5.92 Å². The van der Waals surface area contributed by atoms with E-state index in [1.807, 2.05) is 6.92 Å². The Kier molecular flexibility index (Phi) is 3.88. The molecule has 0 aromatic rings. The maximum atomic E-state index is 12.8. The summed E-state index contributed by atoms with van der Waals surface area (Å²) in [4.78, 5) is 0. The quantitative estimate of drug-likeness (QED) is 0.691. The minimum absolute atomic E-state index is 0.0275. The Morgan fingerprint density at radius 2 is 2.07 bits per heavy atom. The number of halogens is 2. The first-order chi connectivity index (χ1) is 6.55. The van der Waals surface area contributed by atoms with Gasteiger partial charge >= 0.3 is 0 Å². The summed E-state index contributed by atoms with van der Waals surface area (Å²) in [7, 11) is 0. The standard InChI is InChI=1S/C11H17F2N/c1-3-8-14-9(2)10-4-6-11(12,13)7-5-10/h1,9-10,14H,4-8H2,2H3. The van der Waals surface area contributed by atoms with Crippen LogP contribution in [0.2, 0.25) is 0 Å². The molecule has 1 atom stereocenters. The highest BCUT2D eigenvalue weighted by molar-refractivity contribution is 4.90. The summed E-state index contributed by atoms with van der Waals surface area (Å²) in [6.45, 7) is 2.54. The van der Waals surface area contributed by atoms with Crippen molar-refractivity contribution in [3.63, 3.8) is 0 Å². The minimum atomic E-state index is -2.43. The molecule has 1 rings (SSSR count). The summed E-state index contributed by atoms with van der Waals surface area (Å²) < 4.78 is 25.7. The van der Waals surface area contributed by atoms with Crippen LogP contribution in [0.1, 0.15) is 32.6 Å². The molecule has 0 saturated heterocycles. The third-order valence-electron chi connectivity index (χ3n) is 2.99. The second-order valence-electron chi connectivity index (χ2n) is 4.07. The van der Waals surface area contributed by atoms with E-state index in [4.69, 9.17) is 6.42 Å². The third kappa shape index (κ3) is 3.26. The monoisotopic (exact) mass is 201 g/mol. The molecule has 0 aliphatic heterocycles. The van der Waals surface area contributed by atoms with E-state index in [-0.39, 0.29) is 18.9 Å². The number of alkyl halides is 2. The lowest BCUT2D eigenvalue weighted by molar-refractivity contribution is -0.0487. The van der Waals surface area contributed by atoms with Gasteiger partial charge in [0.25, 0.3) is 0 Å². The molecule has 0 heterocycles. The van der Waals surface area contributed by atoms with Crippen molar-refractivity contribution >= 4 is 0 Å². The van der Waals surface area contributed by atoms with Gasteiger partial charge in [-0.25, -0.2) is 8.78 Å². The first-order valence-corrected chi connectivity index (χ1v) is 5.10. The molecule has 1 N–H and O–H groups in total. The number of nitrogens with one attached hydrogen (secondary N) is 1. The average molecular weight is 201 g/mol. The Morgan fingerprint density at radius 1 is 1.50 bits per heavy atom. The molecule has 1 nitrogen and oxygen atoms in total. The van der Waals surface area contributed by atoms with Gasteiger partial charge in [0.15, 0.2) is 0 Å². The number of hydrogen-bond acceptors (Lipinski definition) is 1. The van der Waals surface area contributed by atoms with E-state index in [0.717, 1.165) is 0 Å². The molecule has 80 valence electrons. The van der Waals surface area contributed by atoms with E-state index >= 15 is 0 Å². The summed E-state index contributed by atoms with van der Waals surface area (Å²) in [6, 6.07) is 0.252. The lowest BCUT2D eigenvalue weighted by Gasteiger charge is -2.32.